The van der Waals surface area contributed by atoms with E-state index >= 15 is 0 Å². The summed E-state index contributed by atoms with van der Waals surface area (Å²) in [6.07, 6.45) is 1.48. The van der Waals surface area contributed by atoms with Gasteiger partial charge in [0.25, 0.3) is 5.91 Å². The van der Waals surface area contributed by atoms with E-state index in [2.05, 4.69) is 38.1 Å². The van der Waals surface area contributed by atoms with Gasteiger partial charge in [-0.1, -0.05) is 18.3 Å². The zero-order chi connectivity index (χ0) is 13.1. The first kappa shape index (κ1) is 13.0. The summed E-state index contributed by atoms with van der Waals surface area (Å²) in [6.45, 7) is 0. The first-order chi connectivity index (χ1) is 8.58. The van der Waals surface area contributed by atoms with Crippen LogP contribution in [0.1, 0.15) is 15.9 Å². The number of halogens is 1. The Morgan fingerprint density at radius 3 is 2.94 bits per heavy atom. The quantitative estimate of drug-likeness (QED) is 0.568. The van der Waals surface area contributed by atoms with Gasteiger partial charge in [-0.15, -0.1) is 0 Å². The van der Waals surface area contributed by atoms with Crippen molar-refractivity contribution >= 4 is 51.5 Å². The first-order valence-corrected chi connectivity index (χ1v) is 6.46. The third-order valence-corrected chi connectivity index (χ3v) is 3.12. The molecule has 18 heavy (non-hydrogen) atoms. The summed E-state index contributed by atoms with van der Waals surface area (Å²) in [5.41, 5.74) is 6.59. The molecule has 2 rings (SSSR count). The number of nitrogens with one attached hydrogen (secondary N) is 2. The molecule has 0 fully saturated rings. The van der Waals surface area contributed by atoms with Crippen molar-refractivity contribution in [2.45, 2.75) is 0 Å². The topological polar surface area (TPSA) is 83.8 Å². The monoisotopic (exact) mass is 372 g/mol. The molecule has 5 nitrogen and oxygen atoms in total. The van der Waals surface area contributed by atoms with Crippen LogP contribution in [0.4, 0.5) is 5.82 Å². The molecule has 0 aliphatic rings. The minimum Gasteiger partial charge on any atom is -0.389 e. The molecule has 1 aromatic heterocycles. The van der Waals surface area contributed by atoms with Crippen molar-refractivity contribution < 1.29 is 4.79 Å². The van der Waals surface area contributed by atoms with Crippen LogP contribution in [0.3, 0.4) is 0 Å². The van der Waals surface area contributed by atoms with Crippen molar-refractivity contribution in [1.29, 1.82) is 0 Å². The Labute approximate surface area is 122 Å². The number of hydrogen-bond donors (Lipinski definition) is 3. The smallest absolute Gasteiger partial charge is 0.256 e. The van der Waals surface area contributed by atoms with Crippen LogP contribution in [0.15, 0.2) is 30.5 Å². The maximum absolute atomic E-state index is 12.0. The van der Waals surface area contributed by atoms with Gasteiger partial charge in [-0.25, -0.2) is 0 Å². The summed E-state index contributed by atoms with van der Waals surface area (Å²) in [6, 6.07) is 7.24. The van der Waals surface area contributed by atoms with Crippen LogP contribution in [-0.4, -0.2) is 21.1 Å². The van der Waals surface area contributed by atoms with Crippen LogP contribution < -0.4 is 11.1 Å². The van der Waals surface area contributed by atoms with Crippen LogP contribution in [0.5, 0.6) is 0 Å². The minimum absolute atomic E-state index is 0.182. The Bertz CT molecular complexity index is 611. The molecule has 0 unspecified atom stereocenters. The molecule has 0 aliphatic heterocycles. The number of nitrogens with two attached hydrogens (primary N) is 1. The largest absolute Gasteiger partial charge is 0.389 e. The average molecular weight is 372 g/mol. The fourth-order valence-corrected chi connectivity index (χ4v) is 2.08. The summed E-state index contributed by atoms with van der Waals surface area (Å²) in [4.78, 5) is 12.2. The summed E-state index contributed by atoms with van der Waals surface area (Å²) < 4.78 is 0.986. The zero-order valence-electron chi connectivity index (χ0n) is 9.11. The molecule has 1 amide bonds. The molecule has 0 saturated carbocycles. The van der Waals surface area contributed by atoms with E-state index < -0.39 is 0 Å². The normalized spacial score (nSPS) is 10.1. The number of nitrogens with zero attached hydrogens (tertiary/aromatic N) is 1. The third-order valence-electron chi connectivity index (χ3n) is 2.23. The lowest BCUT2D eigenvalue weighted by atomic mass is 10.2. The summed E-state index contributed by atoms with van der Waals surface area (Å²) in [5.74, 6) is 0.168. The highest BCUT2D eigenvalue weighted by atomic mass is 127. The van der Waals surface area contributed by atoms with Gasteiger partial charge in [0, 0.05) is 9.13 Å². The van der Waals surface area contributed by atoms with Crippen molar-refractivity contribution in [3.63, 3.8) is 0 Å². The predicted octanol–water partition coefficient (Wildman–Crippen LogP) is 1.90. The average Bonchev–Trinajstić information content (AvgIpc) is 2.77. The second kappa shape index (κ2) is 5.44. The van der Waals surface area contributed by atoms with E-state index in [9.17, 15) is 4.79 Å². The number of H-pyrrole nitrogens is 1. The molecule has 92 valence electrons. The van der Waals surface area contributed by atoms with Crippen LogP contribution in [0.25, 0.3) is 0 Å². The number of aromatic amines is 1. The number of benzene rings is 1. The highest BCUT2D eigenvalue weighted by Gasteiger charge is 2.12. The fourth-order valence-electron chi connectivity index (χ4n) is 1.38. The highest BCUT2D eigenvalue weighted by Crippen LogP contribution is 2.13. The SMILES string of the molecule is NC(=S)c1cn[nH]c1NC(=O)c1cccc(I)c1. The maximum Gasteiger partial charge on any atom is 0.256 e. The molecule has 0 spiro atoms. The van der Waals surface area contributed by atoms with Gasteiger partial charge in [0.05, 0.1) is 11.8 Å². The fraction of sp³-hybridized carbons (Fsp3) is 0. The van der Waals surface area contributed by atoms with Crippen molar-refractivity contribution in [3.8, 4) is 0 Å². The molecular formula is C11H9IN4OS. The molecular weight excluding hydrogens is 363 g/mol. The van der Waals surface area contributed by atoms with E-state index in [1.807, 2.05) is 12.1 Å². The number of carbonyl (C=O) groups is 1. The molecule has 0 radical (unpaired) electrons. The molecule has 0 saturated heterocycles. The van der Waals surface area contributed by atoms with Crippen molar-refractivity contribution in [1.82, 2.24) is 10.2 Å². The minimum atomic E-state index is -0.240. The molecule has 2 aromatic rings. The number of carbonyl (C=O) groups excluding carboxylic acids is 1. The number of aromatic nitrogens is 2. The number of amides is 1. The molecule has 4 N–H and O–H groups in total. The maximum atomic E-state index is 12.0. The Morgan fingerprint density at radius 1 is 1.50 bits per heavy atom. The molecule has 0 atom stereocenters. The van der Waals surface area contributed by atoms with Crippen LogP contribution in [0.2, 0.25) is 0 Å². The van der Waals surface area contributed by atoms with E-state index in [0.29, 0.717) is 16.9 Å². The van der Waals surface area contributed by atoms with Crippen LogP contribution in [-0.2, 0) is 0 Å². The number of anilines is 1. The summed E-state index contributed by atoms with van der Waals surface area (Å²) in [7, 11) is 0. The Hall–Kier alpha value is -1.48. The van der Waals surface area contributed by atoms with Gasteiger partial charge >= 0.3 is 0 Å². The van der Waals surface area contributed by atoms with Gasteiger partial charge < -0.3 is 11.1 Å². The molecule has 1 heterocycles. The summed E-state index contributed by atoms with van der Waals surface area (Å²) in [5, 5.41) is 9.14. The summed E-state index contributed by atoms with van der Waals surface area (Å²) >= 11 is 7.00. The number of rotatable bonds is 3. The van der Waals surface area contributed by atoms with E-state index in [-0.39, 0.29) is 10.9 Å². The Kier molecular flexibility index (Phi) is 3.92. The van der Waals surface area contributed by atoms with E-state index in [1.54, 1.807) is 12.1 Å². The Balaban J connectivity index is 2.21. The lowest BCUT2D eigenvalue weighted by Crippen LogP contribution is -2.17. The van der Waals surface area contributed by atoms with E-state index in [4.69, 9.17) is 18.0 Å². The standard InChI is InChI=1S/C11H9IN4OS/c12-7-3-1-2-6(4-7)11(17)15-10-8(9(13)18)5-14-16-10/h1-5H,(H2,13,18)(H2,14,15,16,17). The van der Waals surface area contributed by atoms with Gasteiger partial charge in [-0.2, -0.15) is 5.10 Å². The highest BCUT2D eigenvalue weighted by molar-refractivity contribution is 14.1. The van der Waals surface area contributed by atoms with Crippen molar-refractivity contribution in [2.24, 2.45) is 5.73 Å². The zero-order valence-corrected chi connectivity index (χ0v) is 12.1. The second-order valence-electron chi connectivity index (χ2n) is 3.49. The van der Waals surface area contributed by atoms with Gasteiger partial charge in [0.1, 0.15) is 10.8 Å². The van der Waals surface area contributed by atoms with Gasteiger partial charge in [0.2, 0.25) is 0 Å². The third kappa shape index (κ3) is 2.85. The second-order valence-corrected chi connectivity index (χ2v) is 5.17. The lowest BCUT2D eigenvalue weighted by Gasteiger charge is -2.05. The van der Waals surface area contributed by atoms with Gasteiger partial charge in [-0.3, -0.25) is 9.89 Å². The number of thiocarbonyl (C=S) groups is 1. The van der Waals surface area contributed by atoms with Crippen LogP contribution in [0, 0.1) is 3.57 Å². The van der Waals surface area contributed by atoms with Gasteiger partial charge in [-0.05, 0) is 40.8 Å². The number of hydrogen-bond acceptors (Lipinski definition) is 3. The first-order valence-electron chi connectivity index (χ1n) is 4.98. The Morgan fingerprint density at radius 2 is 2.28 bits per heavy atom. The lowest BCUT2D eigenvalue weighted by molar-refractivity contribution is 0.102. The molecule has 0 bridgehead atoms. The van der Waals surface area contributed by atoms with Gasteiger partial charge in [0.15, 0.2) is 0 Å². The van der Waals surface area contributed by atoms with Crippen LogP contribution >= 0.6 is 34.8 Å². The van der Waals surface area contributed by atoms with Crippen molar-refractivity contribution in [3.05, 3.63) is 45.2 Å². The predicted molar refractivity (Wildman–Crippen MR) is 81.6 cm³/mol. The van der Waals surface area contributed by atoms with E-state index in [0.717, 1.165) is 3.57 Å². The molecule has 0 aliphatic carbocycles. The van der Waals surface area contributed by atoms with Crippen molar-refractivity contribution in [2.75, 3.05) is 5.32 Å². The molecule has 7 heteroatoms. The van der Waals surface area contributed by atoms with E-state index in [1.165, 1.54) is 6.20 Å². The molecule has 1 aromatic carbocycles.